The van der Waals surface area contributed by atoms with Gasteiger partial charge in [-0.25, -0.2) is 9.78 Å². The number of carbonyl (C=O) groups excluding carboxylic acids is 1. The largest absolute Gasteiger partial charge is 0.513 e. The van der Waals surface area contributed by atoms with Crippen molar-refractivity contribution in [1.82, 2.24) is 4.98 Å². The number of ether oxygens (including phenoxy) is 2. The van der Waals surface area contributed by atoms with Crippen molar-refractivity contribution in [3.8, 4) is 5.75 Å². The van der Waals surface area contributed by atoms with Gasteiger partial charge in [-0.15, -0.1) is 0 Å². The van der Waals surface area contributed by atoms with E-state index in [4.69, 9.17) is 9.47 Å². The maximum atomic E-state index is 11.6. The van der Waals surface area contributed by atoms with Crippen LogP contribution in [0.25, 0.3) is 0 Å². The van der Waals surface area contributed by atoms with Crippen LogP contribution < -0.4 is 4.74 Å². The molecule has 1 heterocycles. The van der Waals surface area contributed by atoms with Gasteiger partial charge in [-0.2, -0.15) is 0 Å². The van der Waals surface area contributed by atoms with Gasteiger partial charge in [-0.1, -0.05) is 10.8 Å². The minimum absolute atomic E-state index is 0.0659. The van der Waals surface area contributed by atoms with Crippen molar-refractivity contribution in [1.29, 1.82) is 0 Å². The summed E-state index contributed by atoms with van der Waals surface area (Å²) >= 11 is 0. The van der Waals surface area contributed by atoms with Crippen LogP contribution in [0.5, 0.6) is 5.75 Å². The first-order valence-corrected chi connectivity index (χ1v) is 9.59. The van der Waals surface area contributed by atoms with Gasteiger partial charge in [0.2, 0.25) is 0 Å². The molecule has 0 aliphatic heterocycles. The zero-order chi connectivity index (χ0) is 19.8. The average molecular weight is 411 g/mol. The molecule has 0 N–H and O–H groups in total. The van der Waals surface area contributed by atoms with Crippen molar-refractivity contribution in [2.45, 2.75) is 17.2 Å². The monoisotopic (exact) mass is 411 g/mol. The van der Waals surface area contributed by atoms with Crippen molar-refractivity contribution in [2.24, 2.45) is 0 Å². The van der Waals surface area contributed by atoms with Gasteiger partial charge in [-0.05, 0) is 35.9 Å². The van der Waals surface area contributed by atoms with Gasteiger partial charge in [0.25, 0.3) is 11.4 Å². The molecule has 0 fully saturated rings. The Hall–Kier alpha value is -2.86. The van der Waals surface area contributed by atoms with Crippen molar-refractivity contribution in [2.75, 3.05) is 6.61 Å². The summed E-state index contributed by atoms with van der Waals surface area (Å²) in [4.78, 5) is 35.6. The first-order valence-electron chi connectivity index (χ1n) is 7.38. The summed E-state index contributed by atoms with van der Waals surface area (Å²) in [5.74, 6) is 0.135. The Bertz CT molecular complexity index is 815. The van der Waals surface area contributed by atoms with Crippen molar-refractivity contribution < 1.29 is 24.1 Å². The molecular formula is C15H13N3O7S2. The fourth-order valence-electron chi connectivity index (χ4n) is 1.64. The number of hydrogen-bond donors (Lipinski definition) is 0. The molecular weight excluding hydrogens is 398 g/mol. The van der Waals surface area contributed by atoms with E-state index in [0.717, 1.165) is 0 Å². The summed E-state index contributed by atoms with van der Waals surface area (Å²) in [6.45, 7) is 1.89. The van der Waals surface area contributed by atoms with E-state index in [1.807, 2.05) is 6.92 Å². The number of pyridine rings is 1. The molecule has 0 spiro atoms. The number of nitro groups is 2. The van der Waals surface area contributed by atoms with E-state index >= 15 is 0 Å². The summed E-state index contributed by atoms with van der Waals surface area (Å²) in [7, 11) is 2.67. The molecule has 1 atom stereocenters. The zero-order valence-corrected chi connectivity index (χ0v) is 15.5. The first-order chi connectivity index (χ1) is 12.8. The van der Waals surface area contributed by atoms with E-state index in [-0.39, 0.29) is 29.0 Å². The highest BCUT2D eigenvalue weighted by molar-refractivity contribution is 8.76. The molecule has 12 heteroatoms. The Morgan fingerprint density at radius 1 is 1.11 bits per heavy atom. The van der Waals surface area contributed by atoms with Crippen LogP contribution in [0.4, 0.5) is 16.2 Å². The third kappa shape index (κ3) is 6.75. The smallest absolute Gasteiger partial charge is 0.433 e. The number of carbonyl (C=O) groups is 1. The summed E-state index contributed by atoms with van der Waals surface area (Å²) in [5.41, 5.74) is -0.202. The van der Waals surface area contributed by atoms with Crippen LogP contribution in [0.15, 0.2) is 47.6 Å². The summed E-state index contributed by atoms with van der Waals surface area (Å²) in [6, 6.07) is 7.93. The highest BCUT2D eigenvalue weighted by Gasteiger charge is 2.13. The van der Waals surface area contributed by atoms with E-state index < -0.39 is 16.0 Å². The maximum Gasteiger partial charge on any atom is 0.513 e. The van der Waals surface area contributed by atoms with Crippen LogP contribution in [0, 0.1) is 20.2 Å². The van der Waals surface area contributed by atoms with Crippen molar-refractivity contribution >= 4 is 39.1 Å². The number of hydrogen-bond acceptors (Lipinski definition) is 10. The highest BCUT2D eigenvalue weighted by Crippen LogP contribution is 2.33. The number of benzene rings is 1. The number of rotatable bonds is 8. The van der Waals surface area contributed by atoms with Gasteiger partial charge in [0.05, 0.1) is 9.85 Å². The molecule has 2 rings (SSSR count). The Morgan fingerprint density at radius 2 is 1.74 bits per heavy atom. The molecule has 0 radical (unpaired) electrons. The number of nitro benzene ring substituents is 1. The van der Waals surface area contributed by atoms with Crippen molar-refractivity contribution in [3.63, 3.8) is 0 Å². The predicted molar refractivity (Wildman–Crippen MR) is 98.9 cm³/mol. The third-order valence-electron chi connectivity index (χ3n) is 2.91. The second-order valence-electron chi connectivity index (χ2n) is 5.02. The van der Waals surface area contributed by atoms with Gasteiger partial charge in [0.1, 0.15) is 23.6 Å². The van der Waals surface area contributed by atoms with Gasteiger partial charge >= 0.3 is 6.16 Å². The van der Waals surface area contributed by atoms with Crippen LogP contribution in [0.1, 0.15) is 6.92 Å². The molecule has 2 aromatic rings. The van der Waals surface area contributed by atoms with E-state index in [1.165, 1.54) is 64.2 Å². The van der Waals surface area contributed by atoms with Gasteiger partial charge in [0, 0.05) is 23.4 Å². The Labute approximate surface area is 161 Å². The van der Waals surface area contributed by atoms with Crippen LogP contribution in [-0.4, -0.2) is 32.8 Å². The molecule has 0 saturated carbocycles. The normalized spacial score (nSPS) is 11.4. The lowest BCUT2D eigenvalue weighted by atomic mass is 10.3. The Balaban J connectivity index is 1.72. The van der Waals surface area contributed by atoms with Gasteiger partial charge < -0.3 is 9.47 Å². The second-order valence-corrected chi connectivity index (χ2v) is 7.68. The lowest BCUT2D eigenvalue weighted by Gasteiger charge is -2.11. The Morgan fingerprint density at radius 3 is 2.30 bits per heavy atom. The second kappa shape index (κ2) is 9.73. The Kier molecular flexibility index (Phi) is 7.37. The quantitative estimate of drug-likeness (QED) is 0.204. The maximum absolute atomic E-state index is 11.6. The summed E-state index contributed by atoms with van der Waals surface area (Å²) < 4.78 is 9.91. The third-order valence-corrected chi connectivity index (χ3v) is 5.67. The standard InChI is InChI=1S/C15H13N3O7S2/c1-10(26-27-14-7-4-12(8-16-14)18(22)23)9-24-15(19)25-13-5-2-11(3-6-13)17(20)21/h2-8,10H,9H2,1H3/t10-/m0/s1. The molecule has 0 aliphatic carbocycles. The van der Waals surface area contributed by atoms with Crippen molar-refractivity contribution in [3.05, 3.63) is 62.8 Å². The lowest BCUT2D eigenvalue weighted by Crippen LogP contribution is -2.16. The van der Waals surface area contributed by atoms with E-state index in [9.17, 15) is 25.0 Å². The number of nitrogens with zero attached hydrogens (tertiary/aromatic N) is 3. The molecule has 27 heavy (non-hydrogen) atoms. The van der Waals surface area contributed by atoms with Crippen LogP contribution in [-0.2, 0) is 4.74 Å². The molecule has 0 aliphatic rings. The predicted octanol–water partition coefficient (Wildman–Crippen LogP) is 4.24. The molecule has 0 amide bonds. The molecule has 10 nitrogen and oxygen atoms in total. The zero-order valence-electron chi connectivity index (χ0n) is 13.8. The summed E-state index contributed by atoms with van der Waals surface area (Å²) in [6.07, 6.45) is 0.251. The van der Waals surface area contributed by atoms with Crippen LogP contribution in [0.3, 0.4) is 0 Å². The highest BCUT2D eigenvalue weighted by atomic mass is 33.1. The average Bonchev–Trinajstić information content (AvgIpc) is 2.65. The van der Waals surface area contributed by atoms with Crippen LogP contribution >= 0.6 is 21.6 Å². The molecule has 1 aromatic carbocycles. The molecule has 0 bridgehead atoms. The fraction of sp³-hybridized carbons (Fsp3) is 0.200. The fourth-order valence-corrected chi connectivity index (χ4v) is 3.49. The number of non-ortho nitro benzene ring substituents is 1. The summed E-state index contributed by atoms with van der Waals surface area (Å²) in [5, 5.41) is 21.6. The topological polar surface area (TPSA) is 135 Å². The van der Waals surface area contributed by atoms with E-state index in [1.54, 1.807) is 0 Å². The number of aromatic nitrogens is 1. The van der Waals surface area contributed by atoms with Gasteiger partial charge in [-0.3, -0.25) is 20.2 Å². The van der Waals surface area contributed by atoms with E-state index in [2.05, 4.69) is 4.98 Å². The van der Waals surface area contributed by atoms with E-state index in [0.29, 0.717) is 5.03 Å². The molecule has 142 valence electrons. The van der Waals surface area contributed by atoms with Gasteiger partial charge in [0.15, 0.2) is 0 Å². The molecule has 0 unspecified atom stereocenters. The first kappa shape index (κ1) is 20.5. The lowest BCUT2D eigenvalue weighted by molar-refractivity contribution is -0.385. The SMILES string of the molecule is C[C@@H](COC(=O)Oc1ccc([N+](=O)[O-])cc1)SSc1ccc([N+](=O)[O-])cn1. The van der Waals surface area contributed by atoms with Crippen LogP contribution in [0.2, 0.25) is 0 Å². The molecule has 1 aromatic heterocycles. The minimum Gasteiger partial charge on any atom is -0.433 e. The molecule has 0 saturated heterocycles. The minimum atomic E-state index is -0.922.